The normalized spacial score (nSPS) is 12.6. The third-order valence-electron chi connectivity index (χ3n) is 2.00. The quantitative estimate of drug-likeness (QED) is 0.927. The Bertz CT molecular complexity index is 393. The zero-order chi connectivity index (χ0) is 12.3. The van der Waals surface area contributed by atoms with Crippen molar-refractivity contribution >= 4 is 21.9 Å². The number of halogens is 2. The summed E-state index contributed by atoms with van der Waals surface area (Å²) < 4.78 is 18.7. The van der Waals surface area contributed by atoms with Crippen LogP contribution in [-0.4, -0.2) is 17.2 Å². The van der Waals surface area contributed by atoms with E-state index in [0.717, 1.165) is 6.07 Å². The molecule has 0 aliphatic rings. The summed E-state index contributed by atoms with van der Waals surface area (Å²) in [6, 6.07) is 4.15. The monoisotopic (exact) mass is 290 g/mol. The third-order valence-corrected chi connectivity index (χ3v) is 2.65. The average molecular weight is 291 g/mol. The summed E-state index contributed by atoms with van der Waals surface area (Å²) in [6.07, 6.45) is -0.972. The van der Waals surface area contributed by atoms with E-state index >= 15 is 0 Å². The Kier molecular flexibility index (Phi) is 4.29. The van der Waals surface area contributed by atoms with Gasteiger partial charge < -0.3 is 9.84 Å². The molecule has 1 aromatic carbocycles. The van der Waals surface area contributed by atoms with Crippen LogP contribution in [0.25, 0.3) is 0 Å². The van der Waals surface area contributed by atoms with Crippen molar-refractivity contribution in [1.82, 2.24) is 0 Å². The number of benzene rings is 1. The van der Waals surface area contributed by atoms with Crippen molar-refractivity contribution in [3.8, 4) is 5.75 Å². The van der Waals surface area contributed by atoms with Gasteiger partial charge in [0.25, 0.3) is 0 Å². The van der Waals surface area contributed by atoms with Crippen molar-refractivity contribution in [1.29, 1.82) is 0 Å². The van der Waals surface area contributed by atoms with Crippen molar-refractivity contribution in [2.24, 2.45) is 5.92 Å². The molecule has 5 heteroatoms. The highest BCUT2D eigenvalue weighted by atomic mass is 79.9. The molecule has 0 aliphatic carbocycles. The summed E-state index contributed by atoms with van der Waals surface area (Å²) >= 11 is 3.01. The first-order chi connectivity index (χ1) is 7.41. The first-order valence-electron chi connectivity index (χ1n) is 4.76. The molecule has 0 amide bonds. The third kappa shape index (κ3) is 3.20. The molecule has 0 saturated heterocycles. The predicted octanol–water partition coefficient (Wildman–Crippen LogP) is 3.08. The Labute approximate surface area is 101 Å². The zero-order valence-electron chi connectivity index (χ0n) is 8.91. The minimum atomic E-state index is -1.06. The van der Waals surface area contributed by atoms with Crippen molar-refractivity contribution in [3.05, 3.63) is 28.5 Å². The predicted molar refractivity (Wildman–Crippen MR) is 61.0 cm³/mol. The highest BCUT2D eigenvalue weighted by molar-refractivity contribution is 9.10. The smallest absolute Gasteiger partial charge is 0.345 e. The van der Waals surface area contributed by atoms with Crippen LogP contribution < -0.4 is 4.74 Å². The Balaban J connectivity index is 2.86. The molecule has 0 saturated carbocycles. The van der Waals surface area contributed by atoms with Crippen LogP contribution in [0.3, 0.4) is 0 Å². The van der Waals surface area contributed by atoms with Gasteiger partial charge in [0.15, 0.2) is 6.10 Å². The first-order valence-corrected chi connectivity index (χ1v) is 5.55. The van der Waals surface area contributed by atoms with Gasteiger partial charge in [-0.05, 0) is 28.1 Å². The first kappa shape index (κ1) is 13.0. The van der Waals surface area contributed by atoms with Crippen LogP contribution in [0.2, 0.25) is 0 Å². The molecular formula is C11H12BrFO3. The molecule has 0 heterocycles. The van der Waals surface area contributed by atoms with Crippen LogP contribution in [0.4, 0.5) is 4.39 Å². The Morgan fingerprint density at radius 1 is 1.50 bits per heavy atom. The molecule has 0 aromatic heterocycles. The van der Waals surface area contributed by atoms with Crippen molar-refractivity contribution in [2.45, 2.75) is 20.0 Å². The number of ether oxygens (including phenoxy) is 1. The fourth-order valence-electron chi connectivity index (χ4n) is 1.17. The van der Waals surface area contributed by atoms with Crippen LogP contribution >= 0.6 is 15.9 Å². The van der Waals surface area contributed by atoms with Gasteiger partial charge in [-0.25, -0.2) is 9.18 Å². The van der Waals surface area contributed by atoms with Gasteiger partial charge in [0.2, 0.25) is 0 Å². The number of carboxylic acid groups (broad SMARTS) is 1. The molecule has 3 nitrogen and oxygen atoms in total. The SMILES string of the molecule is CC(C)[C@H](Oc1ccc(Br)c(F)c1)C(=O)O. The van der Waals surface area contributed by atoms with Gasteiger partial charge in [-0.3, -0.25) is 0 Å². The molecule has 1 rings (SSSR count). The van der Waals surface area contributed by atoms with E-state index in [-0.39, 0.29) is 11.7 Å². The minimum absolute atomic E-state index is 0.191. The Morgan fingerprint density at radius 3 is 2.56 bits per heavy atom. The summed E-state index contributed by atoms with van der Waals surface area (Å²) in [6.45, 7) is 3.46. The number of hydrogen-bond acceptors (Lipinski definition) is 2. The molecule has 88 valence electrons. The van der Waals surface area contributed by atoms with E-state index in [1.165, 1.54) is 12.1 Å². The fraction of sp³-hybridized carbons (Fsp3) is 0.364. The van der Waals surface area contributed by atoms with Crippen molar-refractivity contribution in [3.63, 3.8) is 0 Å². The van der Waals surface area contributed by atoms with Gasteiger partial charge in [-0.1, -0.05) is 13.8 Å². The highest BCUT2D eigenvalue weighted by Crippen LogP contribution is 2.23. The van der Waals surface area contributed by atoms with Crippen LogP contribution in [0, 0.1) is 11.7 Å². The molecule has 0 unspecified atom stereocenters. The molecule has 1 N–H and O–H groups in total. The number of carboxylic acids is 1. The summed E-state index contributed by atoms with van der Waals surface area (Å²) in [5, 5.41) is 8.90. The molecule has 1 aromatic rings. The summed E-state index contributed by atoms with van der Waals surface area (Å²) in [4.78, 5) is 10.9. The average Bonchev–Trinajstić information content (AvgIpc) is 2.18. The number of rotatable bonds is 4. The molecule has 0 bridgehead atoms. The van der Waals surface area contributed by atoms with E-state index in [1.54, 1.807) is 13.8 Å². The zero-order valence-corrected chi connectivity index (χ0v) is 10.5. The Hall–Kier alpha value is -1.10. The van der Waals surface area contributed by atoms with Gasteiger partial charge >= 0.3 is 5.97 Å². The number of carbonyl (C=O) groups is 1. The lowest BCUT2D eigenvalue weighted by Gasteiger charge is -2.18. The summed E-state index contributed by atoms with van der Waals surface area (Å²) in [5.41, 5.74) is 0. The van der Waals surface area contributed by atoms with Crippen LogP contribution in [0.1, 0.15) is 13.8 Å². The van der Waals surface area contributed by atoms with Crippen LogP contribution in [0.5, 0.6) is 5.75 Å². The maximum absolute atomic E-state index is 13.2. The largest absolute Gasteiger partial charge is 0.478 e. The van der Waals surface area contributed by atoms with Crippen molar-refractivity contribution in [2.75, 3.05) is 0 Å². The van der Waals surface area contributed by atoms with E-state index < -0.39 is 17.9 Å². The van der Waals surface area contributed by atoms with Gasteiger partial charge in [-0.15, -0.1) is 0 Å². The molecule has 0 spiro atoms. The molecular weight excluding hydrogens is 279 g/mol. The topological polar surface area (TPSA) is 46.5 Å². The maximum atomic E-state index is 13.2. The minimum Gasteiger partial charge on any atom is -0.478 e. The van der Waals surface area contributed by atoms with Crippen molar-refractivity contribution < 1.29 is 19.0 Å². The van der Waals surface area contributed by atoms with Gasteiger partial charge in [0.1, 0.15) is 11.6 Å². The van der Waals surface area contributed by atoms with E-state index in [9.17, 15) is 9.18 Å². The van der Waals surface area contributed by atoms with Crippen LogP contribution in [-0.2, 0) is 4.79 Å². The van der Waals surface area contributed by atoms with E-state index in [4.69, 9.17) is 9.84 Å². The summed E-state index contributed by atoms with van der Waals surface area (Å²) in [5.74, 6) is -1.52. The number of hydrogen-bond donors (Lipinski definition) is 1. The van der Waals surface area contributed by atoms with E-state index in [2.05, 4.69) is 15.9 Å². The second kappa shape index (κ2) is 5.30. The second-order valence-electron chi connectivity index (χ2n) is 3.70. The second-order valence-corrected chi connectivity index (χ2v) is 4.55. The lowest BCUT2D eigenvalue weighted by atomic mass is 10.1. The van der Waals surface area contributed by atoms with Crippen LogP contribution in [0.15, 0.2) is 22.7 Å². The highest BCUT2D eigenvalue weighted by Gasteiger charge is 2.23. The van der Waals surface area contributed by atoms with E-state index in [1.807, 2.05) is 0 Å². The molecule has 1 atom stereocenters. The Morgan fingerprint density at radius 2 is 2.12 bits per heavy atom. The standard InChI is InChI=1S/C11H12BrFO3/c1-6(2)10(11(14)15)16-7-3-4-8(12)9(13)5-7/h3-6,10H,1-2H3,(H,14,15)/t10-/m0/s1. The molecule has 0 aliphatic heterocycles. The lowest BCUT2D eigenvalue weighted by Crippen LogP contribution is -2.32. The molecule has 16 heavy (non-hydrogen) atoms. The molecule has 0 radical (unpaired) electrons. The van der Waals surface area contributed by atoms with Gasteiger partial charge in [0, 0.05) is 12.0 Å². The summed E-state index contributed by atoms with van der Waals surface area (Å²) in [7, 11) is 0. The molecule has 0 fully saturated rings. The lowest BCUT2D eigenvalue weighted by molar-refractivity contribution is -0.147. The van der Waals surface area contributed by atoms with Gasteiger partial charge in [0.05, 0.1) is 4.47 Å². The van der Waals surface area contributed by atoms with Gasteiger partial charge in [-0.2, -0.15) is 0 Å². The fourth-order valence-corrected chi connectivity index (χ4v) is 1.42. The van der Waals surface area contributed by atoms with E-state index in [0.29, 0.717) is 4.47 Å². The number of aliphatic carboxylic acids is 1. The maximum Gasteiger partial charge on any atom is 0.345 e.